The first-order valence-corrected chi connectivity index (χ1v) is 5.56. The van der Waals surface area contributed by atoms with Crippen LogP contribution in [0.5, 0.6) is 0 Å². The Hall–Kier alpha value is -2.21. The molecule has 1 aliphatic rings. The lowest BCUT2D eigenvalue weighted by Gasteiger charge is -2.19. The second kappa shape index (κ2) is 4.97. The number of fused-ring (bicyclic) bond motifs is 1. The van der Waals surface area contributed by atoms with Crippen LogP contribution in [0.15, 0.2) is 24.3 Å². The van der Waals surface area contributed by atoms with Crippen LogP contribution in [-0.4, -0.2) is 30.8 Å². The quantitative estimate of drug-likeness (QED) is 0.688. The molecule has 0 fully saturated rings. The zero-order chi connectivity index (χ0) is 13.1. The summed E-state index contributed by atoms with van der Waals surface area (Å²) in [5, 5.41) is 2.81. The number of nitrogens with two attached hydrogens (primary N) is 1. The Balaban J connectivity index is 2.56. The van der Waals surface area contributed by atoms with Gasteiger partial charge in [0.2, 0.25) is 5.91 Å². The predicted molar refractivity (Wildman–Crippen MR) is 65.3 cm³/mol. The smallest absolute Gasteiger partial charge is 0.326 e. The van der Waals surface area contributed by atoms with E-state index in [1.807, 2.05) is 0 Å². The van der Waals surface area contributed by atoms with Gasteiger partial charge in [0.15, 0.2) is 5.78 Å². The Bertz CT molecular complexity index is 513. The maximum atomic E-state index is 12.0. The number of primary amides is 1. The minimum atomic E-state index is -0.885. The van der Waals surface area contributed by atoms with Crippen LogP contribution in [0.25, 0.3) is 0 Å². The standard InChI is InChI=1S/C12H13N3O3/c13-12(18)15-9-4-2-1-3-8(9)10(16)5-6-14-7-11(15)17/h1-4,14H,5-7H2,(H2,13,18). The van der Waals surface area contributed by atoms with Crippen molar-refractivity contribution in [2.45, 2.75) is 6.42 Å². The molecule has 0 aliphatic carbocycles. The van der Waals surface area contributed by atoms with Crippen LogP contribution in [0.2, 0.25) is 0 Å². The van der Waals surface area contributed by atoms with E-state index in [0.717, 1.165) is 4.90 Å². The monoisotopic (exact) mass is 247 g/mol. The highest BCUT2D eigenvalue weighted by Crippen LogP contribution is 2.22. The van der Waals surface area contributed by atoms with E-state index in [2.05, 4.69) is 5.32 Å². The molecule has 0 spiro atoms. The second-order valence-corrected chi connectivity index (χ2v) is 3.93. The topological polar surface area (TPSA) is 92.5 Å². The van der Waals surface area contributed by atoms with E-state index in [9.17, 15) is 14.4 Å². The first kappa shape index (κ1) is 12.3. The van der Waals surface area contributed by atoms with Crippen LogP contribution >= 0.6 is 0 Å². The number of urea groups is 1. The third kappa shape index (κ3) is 2.23. The number of carbonyl (C=O) groups excluding carboxylic acids is 3. The molecule has 1 aliphatic heterocycles. The van der Waals surface area contributed by atoms with E-state index >= 15 is 0 Å². The van der Waals surface area contributed by atoms with Crippen LogP contribution < -0.4 is 16.0 Å². The molecule has 3 amide bonds. The number of carbonyl (C=O) groups is 3. The third-order valence-electron chi connectivity index (χ3n) is 2.72. The number of benzene rings is 1. The first-order chi connectivity index (χ1) is 8.61. The molecular formula is C12H13N3O3. The number of para-hydroxylation sites is 1. The molecule has 0 saturated carbocycles. The maximum Gasteiger partial charge on any atom is 0.326 e. The zero-order valence-corrected chi connectivity index (χ0v) is 9.68. The molecule has 0 atom stereocenters. The van der Waals surface area contributed by atoms with Crippen molar-refractivity contribution in [3.63, 3.8) is 0 Å². The fraction of sp³-hybridized carbons (Fsp3) is 0.250. The number of anilines is 1. The lowest BCUT2D eigenvalue weighted by Crippen LogP contribution is -2.45. The molecule has 6 nitrogen and oxygen atoms in total. The SMILES string of the molecule is NC(=O)N1C(=O)CNCCC(=O)c2ccccc21. The van der Waals surface area contributed by atoms with E-state index < -0.39 is 11.9 Å². The van der Waals surface area contributed by atoms with Crippen molar-refractivity contribution < 1.29 is 14.4 Å². The molecule has 94 valence electrons. The summed E-state index contributed by atoms with van der Waals surface area (Å²) in [6.07, 6.45) is 0.275. The molecule has 0 unspecified atom stereocenters. The van der Waals surface area contributed by atoms with Gasteiger partial charge < -0.3 is 11.1 Å². The number of ketones is 1. The molecule has 0 radical (unpaired) electrons. The molecule has 0 aromatic heterocycles. The highest BCUT2D eigenvalue weighted by molar-refractivity contribution is 6.18. The summed E-state index contributed by atoms with van der Waals surface area (Å²) in [5.74, 6) is -0.594. The van der Waals surface area contributed by atoms with Crippen LogP contribution in [0.3, 0.4) is 0 Å². The van der Waals surface area contributed by atoms with Gasteiger partial charge in [-0.05, 0) is 12.1 Å². The summed E-state index contributed by atoms with van der Waals surface area (Å²) < 4.78 is 0. The van der Waals surface area contributed by atoms with Crippen LogP contribution in [-0.2, 0) is 4.79 Å². The molecule has 3 N–H and O–H groups in total. The normalized spacial score (nSPS) is 16.6. The Labute approximate surface area is 104 Å². The fourth-order valence-corrected chi connectivity index (χ4v) is 1.89. The Morgan fingerprint density at radius 2 is 2.00 bits per heavy atom. The number of Topliss-reactive ketones (excluding diaryl/α,β-unsaturated/α-hetero) is 1. The number of nitrogens with zero attached hydrogens (tertiary/aromatic N) is 1. The third-order valence-corrected chi connectivity index (χ3v) is 2.72. The molecule has 1 aromatic rings. The van der Waals surface area contributed by atoms with Crippen molar-refractivity contribution in [1.29, 1.82) is 0 Å². The van der Waals surface area contributed by atoms with E-state index in [4.69, 9.17) is 5.73 Å². The van der Waals surface area contributed by atoms with Crippen molar-refractivity contribution in [1.82, 2.24) is 5.32 Å². The van der Waals surface area contributed by atoms with Gasteiger partial charge in [0.05, 0.1) is 12.2 Å². The highest BCUT2D eigenvalue weighted by atomic mass is 16.2. The van der Waals surface area contributed by atoms with Crippen LogP contribution in [0, 0.1) is 0 Å². The molecule has 18 heavy (non-hydrogen) atoms. The number of hydrogen-bond donors (Lipinski definition) is 2. The number of rotatable bonds is 0. The number of nitrogens with one attached hydrogen (secondary N) is 1. The predicted octanol–water partition coefficient (Wildman–Crippen LogP) is 0.274. The van der Waals surface area contributed by atoms with Gasteiger partial charge in [0, 0.05) is 18.5 Å². The van der Waals surface area contributed by atoms with Crippen molar-refractivity contribution in [2.24, 2.45) is 5.73 Å². The Morgan fingerprint density at radius 1 is 1.28 bits per heavy atom. The van der Waals surface area contributed by atoms with E-state index in [1.165, 1.54) is 0 Å². The van der Waals surface area contributed by atoms with Gasteiger partial charge >= 0.3 is 6.03 Å². The summed E-state index contributed by atoms with van der Waals surface area (Å²) in [6, 6.07) is 5.59. The van der Waals surface area contributed by atoms with Crippen molar-refractivity contribution >= 4 is 23.4 Å². The van der Waals surface area contributed by atoms with E-state index in [-0.39, 0.29) is 24.4 Å². The molecule has 1 aromatic carbocycles. The molecule has 0 saturated heterocycles. The number of amides is 3. The van der Waals surface area contributed by atoms with Crippen LogP contribution in [0.4, 0.5) is 10.5 Å². The zero-order valence-electron chi connectivity index (χ0n) is 9.68. The minimum absolute atomic E-state index is 0.0233. The number of imide groups is 1. The lowest BCUT2D eigenvalue weighted by molar-refractivity contribution is -0.117. The summed E-state index contributed by atoms with van der Waals surface area (Å²) in [4.78, 5) is 36.1. The van der Waals surface area contributed by atoms with Gasteiger partial charge in [-0.1, -0.05) is 12.1 Å². The molecule has 1 heterocycles. The van der Waals surface area contributed by atoms with Crippen molar-refractivity contribution in [3.8, 4) is 0 Å². The first-order valence-electron chi connectivity index (χ1n) is 5.56. The maximum absolute atomic E-state index is 12.0. The van der Waals surface area contributed by atoms with Gasteiger partial charge in [-0.15, -0.1) is 0 Å². The summed E-state index contributed by atoms with van der Waals surface area (Å²) in [7, 11) is 0. The average Bonchev–Trinajstić information content (AvgIpc) is 2.39. The second-order valence-electron chi connectivity index (χ2n) is 3.93. The Morgan fingerprint density at radius 3 is 2.72 bits per heavy atom. The van der Waals surface area contributed by atoms with Gasteiger partial charge in [-0.3, -0.25) is 9.59 Å². The van der Waals surface area contributed by atoms with E-state index in [1.54, 1.807) is 24.3 Å². The number of hydrogen-bond acceptors (Lipinski definition) is 4. The summed E-state index contributed by atoms with van der Waals surface area (Å²) in [5.41, 5.74) is 5.81. The largest absolute Gasteiger partial charge is 0.351 e. The summed E-state index contributed by atoms with van der Waals surface area (Å²) in [6.45, 7) is 0.371. The van der Waals surface area contributed by atoms with Gasteiger partial charge in [0.1, 0.15) is 0 Å². The fourth-order valence-electron chi connectivity index (χ4n) is 1.89. The highest BCUT2D eigenvalue weighted by Gasteiger charge is 2.26. The Kier molecular flexibility index (Phi) is 3.38. The summed E-state index contributed by atoms with van der Waals surface area (Å²) >= 11 is 0. The molecule has 0 bridgehead atoms. The molecular weight excluding hydrogens is 234 g/mol. The van der Waals surface area contributed by atoms with Gasteiger partial charge in [0.25, 0.3) is 0 Å². The van der Waals surface area contributed by atoms with Crippen molar-refractivity contribution in [2.75, 3.05) is 18.0 Å². The van der Waals surface area contributed by atoms with Gasteiger partial charge in [-0.2, -0.15) is 0 Å². The van der Waals surface area contributed by atoms with Gasteiger partial charge in [-0.25, -0.2) is 9.69 Å². The minimum Gasteiger partial charge on any atom is -0.351 e. The average molecular weight is 247 g/mol. The van der Waals surface area contributed by atoms with E-state index in [0.29, 0.717) is 12.1 Å². The van der Waals surface area contributed by atoms with Crippen LogP contribution in [0.1, 0.15) is 16.8 Å². The lowest BCUT2D eigenvalue weighted by atomic mass is 10.1. The van der Waals surface area contributed by atoms with Crippen molar-refractivity contribution in [3.05, 3.63) is 29.8 Å². The molecule has 2 rings (SSSR count). The molecule has 6 heteroatoms.